The molecule has 6 heteroatoms. The van der Waals surface area contributed by atoms with Gasteiger partial charge >= 0.3 is 0 Å². The van der Waals surface area contributed by atoms with Crippen molar-refractivity contribution < 1.29 is 14.4 Å². The molecule has 0 amide bonds. The van der Waals surface area contributed by atoms with Crippen LogP contribution < -0.4 is 9.64 Å². The third kappa shape index (κ3) is 2.41. The third-order valence-corrected chi connectivity index (χ3v) is 3.48. The Hall–Kier alpha value is -2.24. The minimum Gasteiger partial charge on any atom is -0.504 e. The smallest absolute Gasteiger partial charge is 0.266 e. The summed E-state index contributed by atoms with van der Waals surface area (Å²) in [7, 11) is 1.51. The highest BCUT2D eigenvalue weighted by Crippen LogP contribution is 2.31. The quantitative estimate of drug-likeness (QED) is 0.927. The summed E-state index contributed by atoms with van der Waals surface area (Å²) in [4.78, 5) is 6.55. The predicted octanol–water partition coefficient (Wildman–Crippen LogP) is 2.44. The molecule has 1 N–H and O–H groups in total. The molecule has 1 aromatic carbocycles. The van der Waals surface area contributed by atoms with Gasteiger partial charge in [0.25, 0.3) is 11.8 Å². The lowest BCUT2D eigenvalue weighted by atomic mass is 10.1. The van der Waals surface area contributed by atoms with Crippen molar-refractivity contribution in [2.24, 2.45) is 0 Å². The van der Waals surface area contributed by atoms with Gasteiger partial charge in [0.2, 0.25) is 0 Å². The van der Waals surface area contributed by atoms with Gasteiger partial charge in [-0.3, -0.25) is 0 Å². The molecule has 0 spiro atoms. The molecule has 0 unspecified atom stereocenters. The molecule has 1 saturated heterocycles. The number of phenols is 1. The van der Waals surface area contributed by atoms with Crippen molar-refractivity contribution in [2.45, 2.75) is 19.3 Å². The van der Waals surface area contributed by atoms with E-state index in [1.807, 2.05) is 0 Å². The fourth-order valence-corrected chi connectivity index (χ4v) is 2.37. The van der Waals surface area contributed by atoms with Crippen molar-refractivity contribution in [1.29, 1.82) is 0 Å². The molecule has 6 nitrogen and oxygen atoms in total. The molecule has 0 aliphatic carbocycles. The number of anilines is 1. The zero-order chi connectivity index (χ0) is 13.9. The molecule has 1 aliphatic heterocycles. The molecule has 1 aromatic heterocycles. The average Bonchev–Trinajstić information content (AvgIpc) is 2.98. The lowest BCUT2D eigenvalue weighted by Gasteiger charge is -2.24. The van der Waals surface area contributed by atoms with E-state index < -0.39 is 0 Å². The minimum atomic E-state index is 0.0898. The number of nitrogens with zero attached hydrogens (tertiary/aromatic N) is 3. The Labute approximate surface area is 117 Å². The second-order valence-electron chi connectivity index (χ2n) is 4.83. The third-order valence-electron chi connectivity index (χ3n) is 3.48. The van der Waals surface area contributed by atoms with Crippen LogP contribution in [0.5, 0.6) is 11.5 Å². The van der Waals surface area contributed by atoms with Crippen LogP contribution in [0.3, 0.4) is 0 Å². The maximum absolute atomic E-state index is 9.59. The van der Waals surface area contributed by atoms with E-state index in [1.54, 1.807) is 18.2 Å². The van der Waals surface area contributed by atoms with Gasteiger partial charge < -0.3 is 19.3 Å². The van der Waals surface area contributed by atoms with Crippen LogP contribution in [-0.4, -0.2) is 35.4 Å². The fourth-order valence-electron chi connectivity index (χ4n) is 2.37. The van der Waals surface area contributed by atoms with E-state index in [9.17, 15) is 5.11 Å². The topological polar surface area (TPSA) is 71.6 Å². The first-order chi connectivity index (χ1) is 9.78. The van der Waals surface area contributed by atoms with Crippen molar-refractivity contribution in [3.63, 3.8) is 0 Å². The summed E-state index contributed by atoms with van der Waals surface area (Å²) in [6.07, 6.45) is 3.59. The van der Waals surface area contributed by atoms with E-state index in [0.29, 0.717) is 17.6 Å². The highest BCUT2D eigenvalue weighted by atomic mass is 16.5. The minimum absolute atomic E-state index is 0.0898. The number of methoxy groups -OCH3 is 1. The van der Waals surface area contributed by atoms with E-state index >= 15 is 0 Å². The molecule has 106 valence electrons. The Bertz CT molecular complexity index is 591. The van der Waals surface area contributed by atoms with Gasteiger partial charge in [-0.25, -0.2) is 0 Å². The maximum atomic E-state index is 9.59. The molecule has 20 heavy (non-hydrogen) atoms. The van der Waals surface area contributed by atoms with Crippen LogP contribution in [0.25, 0.3) is 11.5 Å². The van der Waals surface area contributed by atoms with Gasteiger partial charge in [0.05, 0.1) is 7.11 Å². The SMILES string of the molecule is COc1cc(-c2nc(N3CCCCC3)no2)ccc1O. The molecule has 3 rings (SSSR count). The molecule has 2 aromatic rings. The van der Waals surface area contributed by atoms with Gasteiger partial charge in [0, 0.05) is 18.7 Å². The molecule has 0 atom stereocenters. The van der Waals surface area contributed by atoms with Gasteiger partial charge in [0.1, 0.15) is 0 Å². The predicted molar refractivity (Wildman–Crippen MR) is 74.0 cm³/mol. The van der Waals surface area contributed by atoms with Crippen molar-refractivity contribution in [1.82, 2.24) is 10.1 Å². The van der Waals surface area contributed by atoms with Crippen molar-refractivity contribution >= 4 is 5.95 Å². The van der Waals surface area contributed by atoms with Gasteiger partial charge in [0.15, 0.2) is 11.5 Å². The number of hydrogen-bond acceptors (Lipinski definition) is 6. The lowest BCUT2D eigenvalue weighted by molar-refractivity contribution is 0.373. The Kier molecular flexibility index (Phi) is 3.45. The van der Waals surface area contributed by atoms with Gasteiger partial charge in [-0.15, -0.1) is 0 Å². The number of aromatic hydroxyl groups is 1. The fraction of sp³-hybridized carbons (Fsp3) is 0.429. The monoisotopic (exact) mass is 275 g/mol. The molecule has 1 fully saturated rings. The van der Waals surface area contributed by atoms with Gasteiger partial charge in [-0.05, 0) is 42.6 Å². The molecule has 0 saturated carbocycles. The Balaban J connectivity index is 1.85. The number of aromatic nitrogens is 2. The number of phenolic OH excluding ortho intramolecular Hbond substituents is 1. The summed E-state index contributed by atoms with van der Waals surface area (Å²) in [6.45, 7) is 1.94. The van der Waals surface area contributed by atoms with E-state index in [2.05, 4.69) is 15.0 Å². The van der Waals surface area contributed by atoms with E-state index in [1.165, 1.54) is 13.5 Å². The van der Waals surface area contributed by atoms with E-state index in [-0.39, 0.29) is 5.75 Å². The molecular weight excluding hydrogens is 258 g/mol. The molecule has 1 aliphatic rings. The Morgan fingerprint density at radius 1 is 1.25 bits per heavy atom. The molecule has 0 bridgehead atoms. The summed E-state index contributed by atoms with van der Waals surface area (Å²) < 4.78 is 10.4. The second-order valence-corrected chi connectivity index (χ2v) is 4.83. The second kappa shape index (κ2) is 5.40. The lowest BCUT2D eigenvalue weighted by Crippen LogP contribution is -2.30. The Morgan fingerprint density at radius 3 is 2.80 bits per heavy atom. The average molecular weight is 275 g/mol. The molecular formula is C14H17N3O3. The first-order valence-corrected chi connectivity index (χ1v) is 6.74. The summed E-state index contributed by atoms with van der Waals surface area (Å²) >= 11 is 0. The number of piperidine rings is 1. The number of rotatable bonds is 3. The summed E-state index contributed by atoms with van der Waals surface area (Å²) in [5.41, 5.74) is 0.732. The van der Waals surface area contributed by atoms with Crippen molar-refractivity contribution in [3.8, 4) is 23.0 Å². The standard InChI is InChI=1S/C14H17N3O3/c1-19-12-9-10(5-6-11(12)18)13-15-14(16-20-13)17-7-3-2-4-8-17/h5-6,9,18H,2-4,7-8H2,1H3. The number of benzene rings is 1. The van der Waals surface area contributed by atoms with Crippen LogP contribution in [0.4, 0.5) is 5.95 Å². The molecule has 2 heterocycles. The summed E-state index contributed by atoms with van der Waals surface area (Å²) in [5, 5.41) is 13.6. The first kappa shape index (κ1) is 12.8. The van der Waals surface area contributed by atoms with Crippen molar-refractivity contribution in [2.75, 3.05) is 25.1 Å². The first-order valence-electron chi connectivity index (χ1n) is 6.74. The van der Waals surface area contributed by atoms with Crippen molar-refractivity contribution in [3.05, 3.63) is 18.2 Å². The van der Waals surface area contributed by atoms with Crippen LogP contribution in [0.2, 0.25) is 0 Å². The normalized spacial score (nSPS) is 15.3. The summed E-state index contributed by atoms with van der Waals surface area (Å²) in [5.74, 6) is 1.54. The summed E-state index contributed by atoms with van der Waals surface area (Å²) in [6, 6.07) is 4.97. The zero-order valence-electron chi connectivity index (χ0n) is 11.4. The van der Waals surface area contributed by atoms with Crippen LogP contribution in [0, 0.1) is 0 Å². The van der Waals surface area contributed by atoms with Crippen LogP contribution in [0.15, 0.2) is 22.7 Å². The largest absolute Gasteiger partial charge is 0.504 e. The van der Waals surface area contributed by atoms with E-state index in [4.69, 9.17) is 9.26 Å². The highest BCUT2D eigenvalue weighted by Gasteiger charge is 2.18. The molecule has 0 radical (unpaired) electrons. The maximum Gasteiger partial charge on any atom is 0.266 e. The van der Waals surface area contributed by atoms with Crippen LogP contribution >= 0.6 is 0 Å². The van der Waals surface area contributed by atoms with Gasteiger partial charge in [-0.2, -0.15) is 4.98 Å². The number of hydrogen-bond donors (Lipinski definition) is 1. The van der Waals surface area contributed by atoms with Crippen LogP contribution in [-0.2, 0) is 0 Å². The van der Waals surface area contributed by atoms with Gasteiger partial charge in [-0.1, -0.05) is 0 Å². The van der Waals surface area contributed by atoms with Crippen LogP contribution in [0.1, 0.15) is 19.3 Å². The number of ether oxygens (including phenoxy) is 1. The highest BCUT2D eigenvalue weighted by molar-refractivity contribution is 5.60. The zero-order valence-corrected chi connectivity index (χ0v) is 11.4. The van der Waals surface area contributed by atoms with E-state index in [0.717, 1.165) is 31.5 Å². The Morgan fingerprint density at radius 2 is 2.05 bits per heavy atom.